The quantitative estimate of drug-likeness (QED) is 0.538. The van der Waals surface area contributed by atoms with Crippen LogP contribution in [0.25, 0.3) is 0 Å². The first-order chi connectivity index (χ1) is 12.6. The maximum Gasteiger partial charge on any atom is 0.190 e. The Morgan fingerprint density at radius 1 is 1.42 bits per heavy atom. The summed E-state index contributed by atoms with van der Waals surface area (Å²) >= 11 is 5.26. The number of rotatable bonds is 6. The van der Waals surface area contributed by atoms with Gasteiger partial charge in [-0.15, -0.1) is 11.3 Å². The minimum atomic E-state index is 0.633. The smallest absolute Gasteiger partial charge is 0.190 e. The molecule has 26 heavy (non-hydrogen) atoms. The third kappa shape index (κ3) is 5.45. The van der Waals surface area contributed by atoms with E-state index in [1.807, 2.05) is 14.0 Å². The van der Waals surface area contributed by atoms with Gasteiger partial charge in [-0.25, -0.2) is 4.98 Å². The van der Waals surface area contributed by atoms with Crippen LogP contribution in [0.15, 0.2) is 39.1 Å². The molecule has 7 heteroatoms. The standard InChI is InChI=1S/C19H26BrN5S/c1-14-24-17(13-26-14)6-8-22-19(21-2)23-11-15-7-9-25(12-15)18-5-3-4-16(20)10-18/h3-5,10,13,15H,6-9,11-12H2,1-2H3,(H2,21,22,23). The fourth-order valence-corrected chi connectivity index (χ4v) is 4.23. The molecule has 140 valence electrons. The molecule has 2 heterocycles. The van der Waals surface area contributed by atoms with Gasteiger partial charge in [0.25, 0.3) is 0 Å². The normalized spacial score (nSPS) is 17.6. The number of aryl methyl sites for hydroxylation is 1. The number of hydrogen-bond donors (Lipinski definition) is 2. The van der Waals surface area contributed by atoms with E-state index in [-0.39, 0.29) is 0 Å². The van der Waals surface area contributed by atoms with Crippen LogP contribution in [0.5, 0.6) is 0 Å². The predicted octanol–water partition coefficient (Wildman–Crippen LogP) is 3.45. The molecule has 0 spiro atoms. The number of anilines is 1. The Labute approximate surface area is 168 Å². The van der Waals surface area contributed by atoms with E-state index in [0.717, 1.165) is 53.7 Å². The SMILES string of the molecule is CN=C(NCCc1csc(C)n1)NCC1CCN(c2cccc(Br)c2)C1. The van der Waals surface area contributed by atoms with Crippen LogP contribution in [0, 0.1) is 12.8 Å². The number of benzene rings is 1. The van der Waals surface area contributed by atoms with Gasteiger partial charge in [0.1, 0.15) is 0 Å². The summed E-state index contributed by atoms with van der Waals surface area (Å²) in [6.45, 7) is 6.02. The molecule has 1 atom stereocenters. The zero-order valence-electron chi connectivity index (χ0n) is 15.3. The lowest BCUT2D eigenvalue weighted by atomic mass is 10.1. The molecule has 1 aromatic heterocycles. The van der Waals surface area contributed by atoms with Crippen LogP contribution >= 0.6 is 27.3 Å². The van der Waals surface area contributed by atoms with Gasteiger partial charge in [-0.3, -0.25) is 4.99 Å². The topological polar surface area (TPSA) is 52.6 Å². The molecule has 1 aliphatic rings. The summed E-state index contributed by atoms with van der Waals surface area (Å²) in [5.74, 6) is 1.51. The summed E-state index contributed by atoms with van der Waals surface area (Å²) in [7, 11) is 1.82. The molecule has 2 N–H and O–H groups in total. The van der Waals surface area contributed by atoms with E-state index < -0.39 is 0 Å². The van der Waals surface area contributed by atoms with Crippen LogP contribution in [0.2, 0.25) is 0 Å². The molecule has 5 nitrogen and oxygen atoms in total. The van der Waals surface area contributed by atoms with Crippen molar-refractivity contribution < 1.29 is 0 Å². The lowest BCUT2D eigenvalue weighted by Crippen LogP contribution is -2.41. The van der Waals surface area contributed by atoms with Crippen molar-refractivity contribution >= 4 is 38.9 Å². The molecule has 2 aromatic rings. The van der Waals surface area contributed by atoms with Gasteiger partial charge in [0.15, 0.2) is 5.96 Å². The van der Waals surface area contributed by atoms with Crippen LogP contribution in [0.4, 0.5) is 5.69 Å². The second-order valence-corrected chi connectivity index (χ2v) is 8.55. The predicted molar refractivity (Wildman–Crippen MR) is 114 cm³/mol. The fraction of sp³-hybridized carbons (Fsp3) is 0.474. The highest BCUT2D eigenvalue weighted by Gasteiger charge is 2.22. The van der Waals surface area contributed by atoms with E-state index in [1.54, 1.807) is 11.3 Å². The Morgan fingerprint density at radius 2 is 2.31 bits per heavy atom. The maximum absolute atomic E-state index is 4.50. The summed E-state index contributed by atoms with van der Waals surface area (Å²) in [6, 6.07) is 8.54. The maximum atomic E-state index is 4.50. The Morgan fingerprint density at radius 3 is 3.04 bits per heavy atom. The molecular weight excluding hydrogens is 410 g/mol. The number of halogens is 1. The third-order valence-corrected chi connectivity index (χ3v) is 5.90. The Balaban J connectivity index is 1.40. The van der Waals surface area contributed by atoms with Gasteiger partial charge in [-0.05, 0) is 37.5 Å². The molecule has 3 rings (SSSR count). The van der Waals surface area contributed by atoms with Gasteiger partial charge >= 0.3 is 0 Å². The molecule has 1 fully saturated rings. The van der Waals surface area contributed by atoms with Crippen molar-refractivity contribution in [2.75, 3.05) is 38.1 Å². The molecule has 1 aliphatic heterocycles. The number of guanidine groups is 1. The van der Waals surface area contributed by atoms with Crippen LogP contribution in [0.3, 0.4) is 0 Å². The number of nitrogens with one attached hydrogen (secondary N) is 2. The van der Waals surface area contributed by atoms with Crippen LogP contribution in [-0.2, 0) is 6.42 Å². The lowest BCUT2D eigenvalue weighted by molar-refractivity contribution is 0.565. The Kier molecular flexibility index (Phi) is 6.91. The second kappa shape index (κ2) is 9.37. The molecule has 0 saturated carbocycles. The summed E-state index contributed by atoms with van der Waals surface area (Å²) in [6.07, 6.45) is 2.12. The Hall–Kier alpha value is -1.60. The average Bonchev–Trinajstić information content (AvgIpc) is 3.27. The number of aliphatic imine (C=N–C) groups is 1. The van der Waals surface area contributed by atoms with E-state index in [9.17, 15) is 0 Å². The minimum absolute atomic E-state index is 0.633. The highest BCUT2D eigenvalue weighted by atomic mass is 79.9. The lowest BCUT2D eigenvalue weighted by Gasteiger charge is -2.19. The first-order valence-electron chi connectivity index (χ1n) is 9.00. The fourth-order valence-electron chi connectivity index (χ4n) is 3.20. The molecule has 1 aromatic carbocycles. The zero-order valence-corrected chi connectivity index (χ0v) is 17.7. The number of nitrogens with zero attached hydrogens (tertiary/aromatic N) is 3. The van der Waals surface area contributed by atoms with E-state index in [2.05, 4.69) is 71.1 Å². The number of thiazole rings is 1. The molecular formula is C19H26BrN5S. The molecule has 0 radical (unpaired) electrons. The number of hydrogen-bond acceptors (Lipinski definition) is 4. The van der Waals surface area contributed by atoms with Crippen molar-refractivity contribution in [3.8, 4) is 0 Å². The van der Waals surface area contributed by atoms with Crippen molar-refractivity contribution in [3.05, 3.63) is 44.8 Å². The summed E-state index contributed by atoms with van der Waals surface area (Å²) in [5.41, 5.74) is 2.44. The van der Waals surface area contributed by atoms with Crippen molar-refractivity contribution in [3.63, 3.8) is 0 Å². The zero-order chi connectivity index (χ0) is 18.4. The molecule has 1 unspecified atom stereocenters. The van der Waals surface area contributed by atoms with Gasteiger partial charge in [-0.2, -0.15) is 0 Å². The molecule has 0 aliphatic carbocycles. The third-order valence-electron chi connectivity index (χ3n) is 4.58. The largest absolute Gasteiger partial charge is 0.371 e. The monoisotopic (exact) mass is 435 g/mol. The highest BCUT2D eigenvalue weighted by molar-refractivity contribution is 9.10. The molecule has 1 saturated heterocycles. The van der Waals surface area contributed by atoms with Crippen LogP contribution < -0.4 is 15.5 Å². The summed E-state index contributed by atoms with van der Waals surface area (Å²) in [4.78, 5) is 11.3. The first-order valence-corrected chi connectivity index (χ1v) is 10.7. The average molecular weight is 436 g/mol. The molecule has 0 amide bonds. The summed E-state index contributed by atoms with van der Waals surface area (Å²) < 4.78 is 1.14. The first kappa shape index (κ1) is 19.2. The van der Waals surface area contributed by atoms with Crippen molar-refractivity contribution in [2.24, 2.45) is 10.9 Å². The van der Waals surface area contributed by atoms with E-state index in [4.69, 9.17) is 0 Å². The van der Waals surface area contributed by atoms with Crippen LogP contribution in [0.1, 0.15) is 17.1 Å². The van der Waals surface area contributed by atoms with Crippen LogP contribution in [-0.4, -0.2) is 44.2 Å². The van der Waals surface area contributed by atoms with Crippen molar-refractivity contribution in [2.45, 2.75) is 19.8 Å². The summed E-state index contributed by atoms with van der Waals surface area (Å²) in [5, 5.41) is 10.1. The number of aromatic nitrogens is 1. The second-order valence-electron chi connectivity index (χ2n) is 6.57. The highest BCUT2D eigenvalue weighted by Crippen LogP contribution is 2.25. The molecule has 0 bridgehead atoms. The van der Waals surface area contributed by atoms with Crippen molar-refractivity contribution in [1.82, 2.24) is 15.6 Å². The van der Waals surface area contributed by atoms with Gasteiger partial charge in [0, 0.05) is 55.2 Å². The van der Waals surface area contributed by atoms with Gasteiger partial charge in [0.2, 0.25) is 0 Å². The van der Waals surface area contributed by atoms with Gasteiger partial charge in [-0.1, -0.05) is 22.0 Å². The van der Waals surface area contributed by atoms with E-state index in [1.165, 1.54) is 12.1 Å². The van der Waals surface area contributed by atoms with E-state index in [0.29, 0.717) is 5.92 Å². The Bertz CT molecular complexity index is 745. The van der Waals surface area contributed by atoms with Gasteiger partial charge < -0.3 is 15.5 Å². The van der Waals surface area contributed by atoms with Crippen molar-refractivity contribution in [1.29, 1.82) is 0 Å². The van der Waals surface area contributed by atoms with E-state index >= 15 is 0 Å². The van der Waals surface area contributed by atoms with Gasteiger partial charge in [0.05, 0.1) is 10.7 Å². The minimum Gasteiger partial charge on any atom is -0.371 e.